The molecular weight excluding hydrogens is 339 g/mol. The van der Waals surface area contributed by atoms with Crippen molar-refractivity contribution < 1.29 is 20.1 Å². The van der Waals surface area contributed by atoms with E-state index in [1.54, 1.807) is 0 Å². The van der Waals surface area contributed by atoms with E-state index in [0.29, 0.717) is 0 Å². The highest BCUT2D eigenvalue weighted by molar-refractivity contribution is 6.33. The molecule has 2 rings (SSSR count). The molecule has 0 spiro atoms. The lowest BCUT2D eigenvalue weighted by Crippen LogP contribution is -1.93. The zero-order valence-electron chi connectivity index (χ0n) is 10.5. The van der Waals surface area contributed by atoms with E-state index in [1.807, 2.05) is 0 Å². The molecule has 22 heavy (non-hydrogen) atoms. The number of nitrogens with zero attached hydrogens (tertiary/aromatic N) is 2. The molecule has 0 fully saturated rings. The summed E-state index contributed by atoms with van der Waals surface area (Å²) in [5, 5.41) is 40.9. The van der Waals surface area contributed by atoms with Crippen LogP contribution in [0, 0.1) is 20.2 Å². The SMILES string of the molecule is O=[N+]([O-])c1cc(Cl)c(O)c(-c2cc([N+](=O)[O-])cc(Cl)c2O)c1. The maximum Gasteiger partial charge on any atom is 0.271 e. The van der Waals surface area contributed by atoms with Gasteiger partial charge in [-0.3, -0.25) is 20.2 Å². The molecule has 0 bridgehead atoms. The minimum Gasteiger partial charge on any atom is -0.506 e. The minimum absolute atomic E-state index is 0.248. The second kappa shape index (κ2) is 5.66. The molecule has 2 aromatic carbocycles. The van der Waals surface area contributed by atoms with E-state index in [9.17, 15) is 30.4 Å². The molecule has 0 amide bonds. The van der Waals surface area contributed by atoms with E-state index in [4.69, 9.17) is 23.2 Å². The lowest BCUT2D eigenvalue weighted by Gasteiger charge is -2.09. The number of benzene rings is 2. The molecule has 10 heteroatoms. The second-order valence-electron chi connectivity index (χ2n) is 4.16. The second-order valence-corrected chi connectivity index (χ2v) is 4.98. The number of phenols is 2. The van der Waals surface area contributed by atoms with Gasteiger partial charge in [0.2, 0.25) is 0 Å². The Hall–Kier alpha value is -2.58. The summed E-state index contributed by atoms with van der Waals surface area (Å²) >= 11 is 11.4. The summed E-state index contributed by atoms with van der Waals surface area (Å²) in [6, 6.07) is 3.68. The summed E-state index contributed by atoms with van der Waals surface area (Å²) < 4.78 is 0. The van der Waals surface area contributed by atoms with Crippen LogP contribution in [0.4, 0.5) is 11.4 Å². The largest absolute Gasteiger partial charge is 0.506 e. The monoisotopic (exact) mass is 344 g/mol. The maximum absolute atomic E-state index is 10.8. The zero-order chi connectivity index (χ0) is 16.6. The van der Waals surface area contributed by atoms with Crippen molar-refractivity contribution in [3.8, 4) is 22.6 Å². The van der Waals surface area contributed by atoms with Crippen LogP contribution in [0.3, 0.4) is 0 Å². The summed E-state index contributed by atoms with van der Waals surface area (Å²) in [5.74, 6) is -1.14. The Morgan fingerprint density at radius 2 is 1.09 bits per heavy atom. The molecular formula is C12H6Cl2N2O6. The van der Waals surface area contributed by atoms with Crippen LogP contribution in [0.5, 0.6) is 11.5 Å². The molecule has 0 aliphatic heterocycles. The van der Waals surface area contributed by atoms with Gasteiger partial charge in [0.15, 0.2) is 0 Å². The van der Waals surface area contributed by atoms with Crippen LogP contribution in [0.25, 0.3) is 11.1 Å². The Kier molecular flexibility index (Phi) is 4.07. The summed E-state index contributed by atoms with van der Waals surface area (Å²) in [6.07, 6.45) is 0. The topological polar surface area (TPSA) is 127 Å². The number of rotatable bonds is 3. The molecule has 0 unspecified atom stereocenters. The Morgan fingerprint density at radius 3 is 1.36 bits per heavy atom. The molecule has 0 aromatic heterocycles. The number of aromatic hydroxyl groups is 2. The number of hydrogen-bond donors (Lipinski definition) is 2. The van der Waals surface area contributed by atoms with Crippen molar-refractivity contribution in [3.63, 3.8) is 0 Å². The van der Waals surface area contributed by atoms with Crippen molar-refractivity contribution in [1.29, 1.82) is 0 Å². The molecule has 8 nitrogen and oxygen atoms in total. The molecule has 0 aliphatic rings. The quantitative estimate of drug-likeness (QED) is 0.642. The van der Waals surface area contributed by atoms with Gasteiger partial charge in [-0.05, 0) is 0 Å². The van der Waals surface area contributed by atoms with Gasteiger partial charge < -0.3 is 10.2 Å². The average molecular weight is 345 g/mol. The van der Waals surface area contributed by atoms with Gasteiger partial charge in [0, 0.05) is 35.4 Å². The van der Waals surface area contributed by atoms with Gasteiger partial charge in [0.1, 0.15) is 11.5 Å². The Balaban J connectivity index is 2.81. The first-order chi connectivity index (χ1) is 10.2. The van der Waals surface area contributed by atoms with Crippen molar-refractivity contribution in [1.82, 2.24) is 0 Å². The first kappa shape index (κ1) is 15.8. The van der Waals surface area contributed by atoms with Crippen molar-refractivity contribution in [2.24, 2.45) is 0 Å². The van der Waals surface area contributed by atoms with Gasteiger partial charge in [-0.1, -0.05) is 23.2 Å². The maximum atomic E-state index is 10.8. The van der Waals surface area contributed by atoms with Crippen molar-refractivity contribution in [2.75, 3.05) is 0 Å². The summed E-state index contributed by atoms with van der Waals surface area (Å²) in [7, 11) is 0. The van der Waals surface area contributed by atoms with E-state index in [0.717, 1.165) is 24.3 Å². The van der Waals surface area contributed by atoms with Crippen LogP contribution in [-0.4, -0.2) is 20.1 Å². The number of hydrogen-bond acceptors (Lipinski definition) is 6. The predicted molar refractivity (Wildman–Crippen MR) is 78.5 cm³/mol. The van der Waals surface area contributed by atoms with E-state index in [2.05, 4.69) is 0 Å². The highest BCUT2D eigenvalue weighted by Crippen LogP contribution is 2.45. The van der Waals surface area contributed by atoms with Crippen LogP contribution in [0.2, 0.25) is 10.0 Å². The predicted octanol–water partition coefficient (Wildman–Crippen LogP) is 3.89. The minimum atomic E-state index is -0.759. The standard InChI is InChI=1S/C12H6Cl2N2O6/c13-9-3-5(15(19)20)1-7(11(9)17)8-2-6(16(21)22)4-10(14)12(8)18/h1-4,17-18H. The molecule has 114 valence electrons. The third kappa shape index (κ3) is 2.74. The Morgan fingerprint density at radius 1 is 0.773 bits per heavy atom. The van der Waals surface area contributed by atoms with E-state index < -0.39 is 32.7 Å². The number of phenolic OH excluding ortho intramolecular Hbond substituents is 2. The van der Waals surface area contributed by atoms with Crippen LogP contribution < -0.4 is 0 Å². The fourth-order valence-corrected chi connectivity index (χ4v) is 2.22. The number of non-ortho nitro benzene ring substituents is 2. The van der Waals surface area contributed by atoms with E-state index in [-0.39, 0.29) is 21.2 Å². The molecule has 2 aromatic rings. The lowest BCUT2D eigenvalue weighted by atomic mass is 10.0. The number of nitro benzene ring substituents is 2. The van der Waals surface area contributed by atoms with Gasteiger partial charge in [-0.15, -0.1) is 0 Å². The Labute approximate surface area is 132 Å². The normalized spacial score (nSPS) is 10.5. The van der Waals surface area contributed by atoms with Crippen molar-refractivity contribution >= 4 is 34.6 Å². The summed E-state index contributed by atoms with van der Waals surface area (Å²) in [4.78, 5) is 20.2. The fraction of sp³-hybridized carbons (Fsp3) is 0. The van der Waals surface area contributed by atoms with Crippen LogP contribution in [0.15, 0.2) is 24.3 Å². The molecule has 0 aliphatic carbocycles. The van der Waals surface area contributed by atoms with Gasteiger partial charge in [-0.25, -0.2) is 0 Å². The highest BCUT2D eigenvalue weighted by Gasteiger charge is 2.22. The zero-order valence-corrected chi connectivity index (χ0v) is 12.0. The smallest absolute Gasteiger partial charge is 0.271 e. The van der Waals surface area contributed by atoms with Crippen molar-refractivity contribution in [3.05, 3.63) is 54.5 Å². The summed E-state index contributed by atoms with van der Waals surface area (Å²) in [5.41, 5.74) is -1.41. The Bertz CT molecular complexity index is 741. The molecule has 0 saturated carbocycles. The van der Waals surface area contributed by atoms with Gasteiger partial charge in [0.05, 0.1) is 19.9 Å². The van der Waals surface area contributed by atoms with Crippen molar-refractivity contribution in [2.45, 2.75) is 0 Å². The molecule has 0 heterocycles. The van der Waals surface area contributed by atoms with Crippen LogP contribution in [0.1, 0.15) is 0 Å². The molecule has 0 radical (unpaired) electrons. The number of halogens is 2. The van der Waals surface area contributed by atoms with Crippen LogP contribution >= 0.6 is 23.2 Å². The summed E-state index contributed by atoms with van der Waals surface area (Å²) in [6.45, 7) is 0. The molecule has 0 saturated heterocycles. The first-order valence-corrected chi connectivity index (χ1v) is 6.32. The van der Waals surface area contributed by atoms with E-state index >= 15 is 0 Å². The van der Waals surface area contributed by atoms with Gasteiger partial charge in [0.25, 0.3) is 11.4 Å². The molecule has 2 N–H and O–H groups in total. The first-order valence-electron chi connectivity index (χ1n) is 5.56. The van der Waals surface area contributed by atoms with Gasteiger partial charge in [-0.2, -0.15) is 0 Å². The third-order valence-corrected chi connectivity index (χ3v) is 3.38. The fourth-order valence-electron chi connectivity index (χ4n) is 1.79. The molecule has 0 atom stereocenters. The van der Waals surface area contributed by atoms with Gasteiger partial charge >= 0.3 is 0 Å². The highest BCUT2D eigenvalue weighted by atomic mass is 35.5. The van der Waals surface area contributed by atoms with E-state index in [1.165, 1.54) is 0 Å². The lowest BCUT2D eigenvalue weighted by molar-refractivity contribution is -0.385. The third-order valence-electron chi connectivity index (χ3n) is 2.81. The number of nitro groups is 2. The average Bonchev–Trinajstić information content (AvgIpc) is 2.44. The van der Waals surface area contributed by atoms with Crippen LogP contribution in [-0.2, 0) is 0 Å².